The van der Waals surface area contributed by atoms with Crippen molar-refractivity contribution in [3.63, 3.8) is 0 Å². The fourth-order valence-electron chi connectivity index (χ4n) is 5.43. The van der Waals surface area contributed by atoms with Crippen LogP contribution in [0.4, 0.5) is 21.5 Å². The van der Waals surface area contributed by atoms with Crippen LogP contribution < -0.4 is 15.1 Å². The van der Waals surface area contributed by atoms with Gasteiger partial charge in [0.05, 0.1) is 23.6 Å². The lowest BCUT2D eigenvalue weighted by Gasteiger charge is -2.36. The van der Waals surface area contributed by atoms with Crippen LogP contribution >= 0.6 is 11.6 Å². The van der Waals surface area contributed by atoms with E-state index < -0.39 is 47.5 Å². The van der Waals surface area contributed by atoms with Crippen LogP contribution in [0.15, 0.2) is 78.9 Å². The van der Waals surface area contributed by atoms with E-state index in [1.54, 1.807) is 24.3 Å². The first-order valence-corrected chi connectivity index (χ1v) is 11.6. The Morgan fingerprint density at radius 3 is 2.43 bits per heavy atom. The van der Waals surface area contributed by atoms with Gasteiger partial charge in [-0.25, -0.2) is 9.29 Å². The number of rotatable bonds is 3. The lowest BCUT2D eigenvalue weighted by atomic mass is 9.88. The predicted octanol–water partition coefficient (Wildman–Crippen LogP) is 4.51. The largest absolute Gasteiger partial charge is 0.351 e. The van der Waals surface area contributed by atoms with Crippen molar-refractivity contribution in [2.75, 3.05) is 15.1 Å². The number of halogens is 2. The second-order valence-electron chi connectivity index (χ2n) is 8.80. The lowest BCUT2D eigenvalue weighted by Crippen LogP contribution is -2.50. The summed E-state index contributed by atoms with van der Waals surface area (Å²) in [5, 5.41) is 3.41. The number of hydrogen-bond donors (Lipinski definition) is 1. The minimum atomic E-state index is -0.943. The summed E-state index contributed by atoms with van der Waals surface area (Å²) in [4.78, 5) is 43.9. The molecule has 174 valence electrons. The molecule has 8 heteroatoms. The predicted molar refractivity (Wildman–Crippen MR) is 131 cm³/mol. The molecule has 3 aromatic rings. The Balaban J connectivity index is 1.44. The van der Waals surface area contributed by atoms with Gasteiger partial charge in [0.15, 0.2) is 0 Å². The molecule has 0 radical (unpaired) electrons. The van der Waals surface area contributed by atoms with Crippen LogP contribution in [-0.4, -0.2) is 29.8 Å². The smallest absolute Gasteiger partial charge is 0.247 e. The number of nitrogens with one attached hydrogen (secondary N) is 1. The van der Waals surface area contributed by atoms with Crippen LogP contribution in [-0.2, 0) is 14.4 Å². The molecule has 3 aliphatic rings. The number of imide groups is 1. The van der Waals surface area contributed by atoms with Crippen LogP contribution in [0.5, 0.6) is 0 Å². The van der Waals surface area contributed by atoms with Crippen molar-refractivity contribution in [2.45, 2.75) is 12.1 Å². The molecule has 6 rings (SSSR count). The van der Waals surface area contributed by atoms with Crippen molar-refractivity contribution in [3.05, 3.63) is 95.3 Å². The Kier molecular flexibility index (Phi) is 4.96. The highest BCUT2D eigenvalue weighted by molar-refractivity contribution is 6.30. The molecule has 1 N–H and O–H groups in total. The first kappa shape index (κ1) is 21.6. The van der Waals surface area contributed by atoms with Gasteiger partial charge in [0.25, 0.3) is 0 Å². The van der Waals surface area contributed by atoms with Gasteiger partial charge in [0.2, 0.25) is 17.7 Å². The van der Waals surface area contributed by atoms with Gasteiger partial charge in [0.1, 0.15) is 11.9 Å². The Hall–Kier alpha value is -3.97. The summed E-state index contributed by atoms with van der Waals surface area (Å²) in [5.41, 5.74) is 2.37. The van der Waals surface area contributed by atoms with E-state index in [0.717, 1.165) is 22.2 Å². The maximum absolute atomic E-state index is 13.9. The SMILES string of the molecule is O=C(Nc1ccc(Cl)cc1)C1C2C(=O)N(c3cccc(F)c3)C(=O)C2C2C=Cc3ccccc3N21. The summed E-state index contributed by atoms with van der Waals surface area (Å²) in [6, 6.07) is 18.2. The van der Waals surface area contributed by atoms with E-state index in [4.69, 9.17) is 11.6 Å². The summed E-state index contributed by atoms with van der Waals surface area (Å²) in [6.45, 7) is 0. The highest BCUT2D eigenvalue weighted by atomic mass is 35.5. The van der Waals surface area contributed by atoms with E-state index in [1.807, 2.05) is 41.3 Å². The van der Waals surface area contributed by atoms with Gasteiger partial charge in [-0.15, -0.1) is 0 Å². The number of carbonyl (C=O) groups is 3. The van der Waals surface area contributed by atoms with Crippen molar-refractivity contribution in [1.82, 2.24) is 0 Å². The van der Waals surface area contributed by atoms with E-state index in [1.165, 1.54) is 18.2 Å². The summed E-state index contributed by atoms with van der Waals surface area (Å²) < 4.78 is 13.9. The van der Waals surface area contributed by atoms with Gasteiger partial charge in [-0.3, -0.25) is 14.4 Å². The number of anilines is 3. The quantitative estimate of drug-likeness (QED) is 0.552. The molecular weight excluding hydrogens is 469 g/mol. The topological polar surface area (TPSA) is 69.7 Å². The molecule has 3 aliphatic heterocycles. The summed E-state index contributed by atoms with van der Waals surface area (Å²) >= 11 is 5.97. The Bertz CT molecular complexity index is 1410. The number of carbonyl (C=O) groups excluding carboxylic acids is 3. The zero-order valence-electron chi connectivity index (χ0n) is 18.3. The van der Waals surface area contributed by atoms with Crippen molar-refractivity contribution in [3.8, 4) is 0 Å². The van der Waals surface area contributed by atoms with Crippen LogP contribution in [0, 0.1) is 17.7 Å². The lowest BCUT2D eigenvalue weighted by molar-refractivity contribution is -0.126. The average molecular weight is 488 g/mol. The first-order valence-electron chi connectivity index (χ1n) is 11.2. The molecule has 4 unspecified atom stereocenters. The number of para-hydroxylation sites is 1. The van der Waals surface area contributed by atoms with E-state index in [0.29, 0.717) is 10.7 Å². The standard InChI is InChI=1S/C27H19ClFN3O3/c28-16-9-11-18(12-10-16)30-25(33)24-23-22(21-13-8-15-4-1-2-7-20(15)32(21)24)26(34)31(27(23)35)19-6-3-5-17(29)14-19/h1-14,21-24H,(H,30,33). The van der Waals surface area contributed by atoms with Crippen LogP contribution in [0.2, 0.25) is 5.02 Å². The zero-order chi connectivity index (χ0) is 24.3. The molecule has 3 amide bonds. The number of hydrogen-bond acceptors (Lipinski definition) is 4. The second-order valence-corrected chi connectivity index (χ2v) is 9.24. The van der Waals surface area contributed by atoms with Gasteiger partial charge in [-0.2, -0.15) is 0 Å². The fourth-order valence-corrected chi connectivity index (χ4v) is 5.56. The monoisotopic (exact) mass is 487 g/mol. The molecule has 4 atom stereocenters. The average Bonchev–Trinajstić information content (AvgIpc) is 3.33. The molecule has 35 heavy (non-hydrogen) atoms. The molecule has 3 aromatic carbocycles. The molecule has 0 aromatic heterocycles. The number of amides is 3. The van der Waals surface area contributed by atoms with Gasteiger partial charge < -0.3 is 10.2 Å². The van der Waals surface area contributed by atoms with Gasteiger partial charge >= 0.3 is 0 Å². The molecule has 0 bridgehead atoms. The van der Waals surface area contributed by atoms with Gasteiger partial charge in [-0.05, 0) is 54.1 Å². The number of benzene rings is 3. The van der Waals surface area contributed by atoms with Crippen LogP contribution in [0.25, 0.3) is 6.08 Å². The number of fused-ring (bicyclic) bond motifs is 5. The summed E-state index contributed by atoms with van der Waals surface area (Å²) in [5.74, 6) is -3.62. The van der Waals surface area contributed by atoms with Crippen molar-refractivity contribution < 1.29 is 18.8 Å². The number of nitrogens with zero attached hydrogens (tertiary/aromatic N) is 2. The van der Waals surface area contributed by atoms with Crippen molar-refractivity contribution in [1.29, 1.82) is 0 Å². The summed E-state index contributed by atoms with van der Waals surface area (Å²) in [6.07, 6.45) is 3.78. The molecule has 3 heterocycles. The fraction of sp³-hybridized carbons (Fsp3) is 0.148. The second kappa shape index (κ2) is 8.06. The van der Waals surface area contributed by atoms with Crippen LogP contribution in [0.3, 0.4) is 0 Å². The third-order valence-electron chi connectivity index (χ3n) is 6.86. The third kappa shape index (κ3) is 3.34. The first-order chi connectivity index (χ1) is 16.9. The molecule has 2 fully saturated rings. The van der Waals surface area contributed by atoms with E-state index in [2.05, 4.69) is 5.32 Å². The molecule has 0 saturated carbocycles. The van der Waals surface area contributed by atoms with Gasteiger partial charge in [0, 0.05) is 16.4 Å². The van der Waals surface area contributed by atoms with Crippen LogP contribution in [0.1, 0.15) is 5.56 Å². The van der Waals surface area contributed by atoms with E-state index in [9.17, 15) is 18.8 Å². The molecule has 6 nitrogen and oxygen atoms in total. The highest BCUT2D eigenvalue weighted by Gasteiger charge is 2.64. The molecule has 0 aliphatic carbocycles. The molecular formula is C27H19ClFN3O3. The highest BCUT2D eigenvalue weighted by Crippen LogP contribution is 2.49. The van der Waals surface area contributed by atoms with E-state index >= 15 is 0 Å². The minimum Gasteiger partial charge on any atom is -0.351 e. The Morgan fingerprint density at radius 1 is 0.914 bits per heavy atom. The Labute approximate surface area is 205 Å². The maximum Gasteiger partial charge on any atom is 0.247 e. The third-order valence-corrected chi connectivity index (χ3v) is 7.11. The van der Waals surface area contributed by atoms with Gasteiger partial charge in [-0.1, -0.05) is 48.0 Å². The summed E-state index contributed by atoms with van der Waals surface area (Å²) in [7, 11) is 0. The molecule has 2 saturated heterocycles. The zero-order valence-corrected chi connectivity index (χ0v) is 19.0. The normalized spacial score (nSPS) is 24.3. The molecule has 0 spiro atoms. The van der Waals surface area contributed by atoms with E-state index in [-0.39, 0.29) is 5.69 Å². The minimum absolute atomic E-state index is 0.165. The van der Waals surface area contributed by atoms with Crippen molar-refractivity contribution >= 4 is 52.5 Å². The van der Waals surface area contributed by atoms with Crippen molar-refractivity contribution in [2.24, 2.45) is 11.8 Å². The Morgan fingerprint density at radius 2 is 1.66 bits per heavy atom. The maximum atomic E-state index is 13.9.